The molecule has 158 valence electrons. The van der Waals surface area contributed by atoms with Crippen molar-refractivity contribution in [3.63, 3.8) is 0 Å². The molecule has 0 saturated carbocycles. The van der Waals surface area contributed by atoms with Crippen molar-refractivity contribution >= 4 is 40.3 Å². The summed E-state index contributed by atoms with van der Waals surface area (Å²) in [5.41, 5.74) is 0.906. The van der Waals surface area contributed by atoms with Gasteiger partial charge in [-0.25, -0.2) is 0 Å². The van der Waals surface area contributed by atoms with Gasteiger partial charge in [0.2, 0.25) is 5.91 Å². The molecule has 9 heteroatoms. The number of nitrogens with zero attached hydrogens (tertiary/aromatic N) is 2. The van der Waals surface area contributed by atoms with Crippen LogP contribution >= 0.6 is 11.8 Å². The molecule has 0 fully saturated rings. The van der Waals surface area contributed by atoms with Crippen molar-refractivity contribution in [2.75, 3.05) is 18.4 Å². The van der Waals surface area contributed by atoms with E-state index in [1.165, 1.54) is 11.8 Å². The van der Waals surface area contributed by atoms with Gasteiger partial charge in [-0.3, -0.25) is 14.4 Å². The van der Waals surface area contributed by atoms with Crippen LogP contribution < -0.4 is 10.6 Å². The van der Waals surface area contributed by atoms with Crippen LogP contribution in [0, 0.1) is 0 Å². The molecule has 0 spiro atoms. The zero-order chi connectivity index (χ0) is 21.5. The predicted octanol–water partition coefficient (Wildman–Crippen LogP) is 2.88. The minimum atomic E-state index is -0.527. The molecule has 3 rings (SSSR count). The fourth-order valence-electron chi connectivity index (χ4n) is 2.94. The lowest BCUT2D eigenvalue weighted by molar-refractivity contribution is -0.121. The summed E-state index contributed by atoms with van der Waals surface area (Å²) in [4.78, 5) is 43.0. The predicted molar refractivity (Wildman–Crippen MR) is 116 cm³/mol. The van der Waals surface area contributed by atoms with Crippen LogP contribution in [0.3, 0.4) is 0 Å². The van der Waals surface area contributed by atoms with Gasteiger partial charge in [0.05, 0.1) is 12.8 Å². The number of rotatable bonds is 8. The number of nitrogens with one attached hydrogen (secondary N) is 2. The Bertz CT molecular complexity index is 938. The van der Waals surface area contributed by atoms with Crippen molar-refractivity contribution in [3.8, 4) is 0 Å². The number of hydrogen-bond donors (Lipinski definition) is 2. The molecule has 2 heterocycles. The maximum absolute atomic E-state index is 12.4. The first-order valence-corrected chi connectivity index (χ1v) is 10.6. The number of aliphatic imine (C=N–C) groups is 1. The van der Waals surface area contributed by atoms with Gasteiger partial charge in [-0.1, -0.05) is 17.8 Å². The summed E-state index contributed by atoms with van der Waals surface area (Å²) in [6.45, 7) is 5.77. The molecule has 0 saturated heterocycles. The smallest absolute Gasteiger partial charge is 0.262 e. The number of hydrogen-bond acceptors (Lipinski definition) is 6. The maximum atomic E-state index is 12.4. The normalized spacial score (nSPS) is 15.6. The summed E-state index contributed by atoms with van der Waals surface area (Å²) in [5, 5.41) is 5.66. The van der Waals surface area contributed by atoms with Crippen LogP contribution in [0.15, 0.2) is 52.1 Å². The van der Waals surface area contributed by atoms with E-state index in [0.29, 0.717) is 22.2 Å². The van der Waals surface area contributed by atoms with Crippen LogP contribution in [0.1, 0.15) is 36.4 Å². The topological polar surface area (TPSA) is 104 Å². The summed E-state index contributed by atoms with van der Waals surface area (Å²) < 4.78 is 5.19. The molecule has 2 aromatic rings. The molecule has 0 unspecified atom stereocenters. The van der Waals surface area contributed by atoms with Gasteiger partial charge in [-0.2, -0.15) is 4.99 Å². The van der Waals surface area contributed by atoms with E-state index >= 15 is 0 Å². The SMILES string of the molecule is CCN(CC)C1=NC(=O)[C@@H](CC(=O)Nc2cccc(C(=O)NCc3ccco3)c2)S1. The van der Waals surface area contributed by atoms with E-state index in [1.807, 2.05) is 18.7 Å². The number of carbonyl (C=O) groups excluding carboxylic acids is 3. The van der Waals surface area contributed by atoms with Crippen LogP contribution in [0.4, 0.5) is 5.69 Å². The van der Waals surface area contributed by atoms with Gasteiger partial charge in [0.1, 0.15) is 11.0 Å². The number of thioether (sulfide) groups is 1. The van der Waals surface area contributed by atoms with Crippen LogP contribution in [-0.2, 0) is 16.1 Å². The van der Waals surface area contributed by atoms with Crippen molar-refractivity contribution in [3.05, 3.63) is 54.0 Å². The second-order valence-electron chi connectivity index (χ2n) is 6.61. The van der Waals surface area contributed by atoms with E-state index in [4.69, 9.17) is 4.42 Å². The molecular formula is C21H24N4O4S. The Hall–Kier alpha value is -3.07. The molecule has 1 aromatic carbocycles. The van der Waals surface area contributed by atoms with Crippen LogP contribution in [0.2, 0.25) is 0 Å². The van der Waals surface area contributed by atoms with E-state index in [9.17, 15) is 14.4 Å². The number of carbonyl (C=O) groups is 3. The zero-order valence-electron chi connectivity index (χ0n) is 16.9. The second kappa shape index (κ2) is 10.1. The summed E-state index contributed by atoms with van der Waals surface area (Å²) in [6.07, 6.45) is 1.56. The summed E-state index contributed by atoms with van der Waals surface area (Å²) in [6, 6.07) is 10.2. The average Bonchev–Trinajstić information content (AvgIpc) is 3.37. The molecular weight excluding hydrogens is 404 g/mol. The summed E-state index contributed by atoms with van der Waals surface area (Å²) in [5.74, 6) is -0.216. The third-order valence-corrected chi connectivity index (χ3v) is 5.76. The number of furan rings is 1. The van der Waals surface area contributed by atoms with Gasteiger partial charge < -0.3 is 20.0 Å². The number of benzene rings is 1. The lowest BCUT2D eigenvalue weighted by atomic mass is 10.1. The highest BCUT2D eigenvalue weighted by Crippen LogP contribution is 2.27. The molecule has 1 atom stereocenters. The van der Waals surface area contributed by atoms with Crippen molar-refractivity contribution < 1.29 is 18.8 Å². The Morgan fingerprint density at radius 3 is 2.70 bits per heavy atom. The van der Waals surface area contributed by atoms with E-state index < -0.39 is 5.25 Å². The lowest BCUT2D eigenvalue weighted by Crippen LogP contribution is -2.28. The number of amidine groups is 1. The largest absolute Gasteiger partial charge is 0.467 e. The Balaban J connectivity index is 1.54. The van der Waals surface area contributed by atoms with Crippen molar-refractivity contribution in [1.29, 1.82) is 0 Å². The number of anilines is 1. The molecule has 1 aromatic heterocycles. The molecule has 1 aliphatic rings. The van der Waals surface area contributed by atoms with Gasteiger partial charge in [0.15, 0.2) is 5.17 Å². The van der Waals surface area contributed by atoms with E-state index in [0.717, 1.165) is 13.1 Å². The fraction of sp³-hybridized carbons (Fsp3) is 0.333. The highest BCUT2D eigenvalue weighted by atomic mass is 32.2. The number of amides is 3. The van der Waals surface area contributed by atoms with E-state index in [-0.39, 0.29) is 30.7 Å². The highest BCUT2D eigenvalue weighted by molar-refractivity contribution is 8.15. The molecule has 30 heavy (non-hydrogen) atoms. The van der Waals surface area contributed by atoms with Crippen LogP contribution in [0.5, 0.6) is 0 Å². The van der Waals surface area contributed by atoms with Crippen molar-refractivity contribution in [1.82, 2.24) is 10.2 Å². The molecule has 3 amide bonds. The third-order valence-electron chi connectivity index (χ3n) is 4.55. The third kappa shape index (κ3) is 5.50. The van der Waals surface area contributed by atoms with Gasteiger partial charge >= 0.3 is 0 Å². The molecule has 8 nitrogen and oxygen atoms in total. The van der Waals surface area contributed by atoms with Crippen molar-refractivity contribution in [2.24, 2.45) is 4.99 Å². The maximum Gasteiger partial charge on any atom is 0.262 e. The summed E-state index contributed by atoms with van der Waals surface area (Å²) in [7, 11) is 0. The van der Waals surface area contributed by atoms with Crippen molar-refractivity contribution in [2.45, 2.75) is 32.1 Å². The van der Waals surface area contributed by atoms with Crippen LogP contribution in [-0.4, -0.2) is 46.1 Å². The first-order chi connectivity index (χ1) is 14.5. The van der Waals surface area contributed by atoms with Gasteiger partial charge in [-0.15, -0.1) is 0 Å². The Labute approximate surface area is 179 Å². The monoisotopic (exact) mass is 428 g/mol. The highest BCUT2D eigenvalue weighted by Gasteiger charge is 2.32. The van der Waals surface area contributed by atoms with Gasteiger partial charge in [0, 0.05) is 30.8 Å². The molecule has 0 aliphatic carbocycles. The van der Waals surface area contributed by atoms with E-state index in [1.54, 1.807) is 42.7 Å². The minimum absolute atomic E-state index is 0.0205. The minimum Gasteiger partial charge on any atom is -0.467 e. The summed E-state index contributed by atoms with van der Waals surface area (Å²) >= 11 is 1.32. The first kappa shape index (κ1) is 21.6. The molecule has 0 bridgehead atoms. The Kier molecular flexibility index (Phi) is 7.29. The Morgan fingerprint density at radius 1 is 1.20 bits per heavy atom. The average molecular weight is 429 g/mol. The van der Waals surface area contributed by atoms with Gasteiger partial charge in [-0.05, 0) is 44.2 Å². The molecule has 2 N–H and O–H groups in total. The second-order valence-corrected chi connectivity index (χ2v) is 7.78. The lowest BCUT2D eigenvalue weighted by Gasteiger charge is -2.19. The van der Waals surface area contributed by atoms with Gasteiger partial charge in [0.25, 0.3) is 11.8 Å². The standard InChI is InChI=1S/C21H24N4O4S/c1-3-25(4-2)21-24-20(28)17(30-21)12-18(26)23-15-8-5-7-14(11-15)19(27)22-13-16-9-6-10-29-16/h5-11,17H,3-4,12-13H2,1-2H3,(H,22,27)(H,23,26)/t17-/m1/s1. The van der Waals surface area contributed by atoms with Crippen LogP contribution in [0.25, 0.3) is 0 Å². The zero-order valence-corrected chi connectivity index (χ0v) is 17.7. The first-order valence-electron chi connectivity index (χ1n) is 9.74. The molecule has 0 radical (unpaired) electrons. The quantitative estimate of drug-likeness (QED) is 0.670. The fourth-order valence-corrected chi connectivity index (χ4v) is 4.13. The molecule has 1 aliphatic heterocycles. The Morgan fingerprint density at radius 2 is 2.00 bits per heavy atom. The van der Waals surface area contributed by atoms with E-state index in [2.05, 4.69) is 15.6 Å².